The molecule has 1 atom stereocenters. The number of hydrogen-bond donors (Lipinski definition) is 1. The lowest BCUT2D eigenvalue weighted by Gasteiger charge is -2.21. The molecule has 1 saturated carbocycles. The van der Waals surface area contributed by atoms with Crippen molar-refractivity contribution in [1.82, 2.24) is 15.3 Å². The summed E-state index contributed by atoms with van der Waals surface area (Å²) in [5.41, 5.74) is 0.235. The largest absolute Gasteiger partial charge is 0.499 e. The SMILES string of the molecule is C[C@@H](NC(=O)c1ccnc(CC(=O)C2CC2)n1)c1cccc(OC(F)(F)C(F)(F)F)c1. The third-order valence-corrected chi connectivity index (χ3v) is 4.58. The van der Waals surface area contributed by atoms with Crippen molar-refractivity contribution in [1.29, 1.82) is 0 Å². The molecule has 1 N–H and O–H groups in total. The quantitative estimate of drug-likeness (QED) is 0.624. The lowest BCUT2D eigenvalue weighted by Crippen LogP contribution is -2.41. The first-order valence-corrected chi connectivity index (χ1v) is 9.35. The van der Waals surface area contributed by atoms with Crippen molar-refractivity contribution >= 4 is 11.7 Å². The zero-order valence-corrected chi connectivity index (χ0v) is 16.2. The molecule has 1 heterocycles. The van der Waals surface area contributed by atoms with Crippen LogP contribution < -0.4 is 10.1 Å². The minimum absolute atomic E-state index is 0.00328. The predicted octanol–water partition coefficient (Wildman–Crippen LogP) is 4.02. The van der Waals surface area contributed by atoms with Gasteiger partial charge in [-0.05, 0) is 43.5 Å². The van der Waals surface area contributed by atoms with Crippen LogP contribution in [0.1, 0.15) is 47.7 Å². The number of aromatic nitrogens is 2. The van der Waals surface area contributed by atoms with Crippen LogP contribution in [0.15, 0.2) is 36.5 Å². The molecule has 166 valence electrons. The molecule has 1 fully saturated rings. The molecule has 0 radical (unpaired) electrons. The van der Waals surface area contributed by atoms with E-state index in [1.807, 2.05) is 0 Å². The minimum atomic E-state index is -5.87. The molecule has 0 saturated heterocycles. The summed E-state index contributed by atoms with van der Waals surface area (Å²) in [7, 11) is 0. The van der Waals surface area contributed by atoms with E-state index in [0.29, 0.717) is 0 Å². The third-order valence-electron chi connectivity index (χ3n) is 4.58. The Kier molecular flexibility index (Phi) is 6.23. The van der Waals surface area contributed by atoms with Crippen molar-refractivity contribution in [2.24, 2.45) is 5.92 Å². The van der Waals surface area contributed by atoms with Gasteiger partial charge in [-0.1, -0.05) is 12.1 Å². The fourth-order valence-electron chi connectivity index (χ4n) is 2.72. The summed E-state index contributed by atoms with van der Waals surface area (Å²) in [5.74, 6) is -1.08. The molecule has 0 bridgehead atoms. The van der Waals surface area contributed by atoms with Crippen LogP contribution in [0.3, 0.4) is 0 Å². The number of benzene rings is 1. The minimum Gasteiger partial charge on any atom is -0.426 e. The highest BCUT2D eigenvalue weighted by Crippen LogP contribution is 2.37. The summed E-state index contributed by atoms with van der Waals surface area (Å²) in [5, 5.41) is 2.57. The lowest BCUT2D eigenvalue weighted by atomic mass is 10.1. The van der Waals surface area contributed by atoms with Gasteiger partial charge in [-0.3, -0.25) is 9.59 Å². The topological polar surface area (TPSA) is 81.2 Å². The van der Waals surface area contributed by atoms with Gasteiger partial charge in [0, 0.05) is 12.1 Å². The van der Waals surface area contributed by atoms with Crippen LogP contribution in [-0.2, 0) is 11.2 Å². The molecule has 3 rings (SSSR count). The molecule has 0 aliphatic heterocycles. The molecule has 31 heavy (non-hydrogen) atoms. The molecule has 1 aliphatic rings. The van der Waals surface area contributed by atoms with Crippen LogP contribution in [0.25, 0.3) is 0 Å². The lowest BCUT2D eigenvalue weighted by molar-refractivity contribution is -0.360. The molecule has 11 heteroatoms. The monoisotopic (exact) mass is 443 g/mol. The summed E-state index contributed by atoms with van der Waals surface area (Å²) in [6.45, 7) is 1.51. The van der Waals surface area contributed by atoms with Crippen LogP contribution >= 0.6 is 0 Å². The van der Waals surface area contributed by atoms with Gasteiger partial charge in [-0.15, -0.1) is 0 Å². The van der Waals surface area contributed by atoms with Gasteiger partial charge in [0.1, 0.15) is 23.1 Å². The number of nitrogens with one attached hydrogen (secondary N) is 1. The molecule has 2 aromatic rings. The number of ether oxygens (including phenoxy) is 1. The van der Waals surface area contributed by atoms with Gasteiger partial charge in [-0.2, -0.15) is 22.0 Å². The second-order valence-corrected chi connectivity index (χ2v) is 7.16. The summed E-state index contributed by atoms with van der Waals surface area (Å²) in [6, 6.07) is 5.17. The normalized spacial score (nSPS) is 15.3. The molecule has 1 aromatic carbocycles. The molecule has 0 spiro atoms. The number of hydrogen-bond acceptors (Lipinski definition) is 5. The van der Waals surface area contributed by atoms with Crippen molar-refractivity contribution < 1.29 is 36.3 Å². The van der Waals surface area contributed by atoms with Crippen molar-refractivity contribution in [3.05, 3.63) is 53.6 Å². The Morgan fingerprint density at radius 3 is 2.55 bits per heavy atom. The molecule has 6 nitrogen and oxygen atoms in total. The van der Waals surface area contributed by atoms with Crippen LogP contribution in [0.2, 0.25) is 0 Å². The smallest absolute Gasteiger partial charge is 0.426 e. The molecule has 1 amide bonds. The van der Waals surface area contributed by atoms with E-state index in [-0.39, 0.29) is 35.2 Å². The summed E-state index contributed by atoms with van der Waals surface area (Å²) < 4.78 is 67.0. The number of carbonyl (C=O) groups excluding carboxylic acids is 2. The van der Waals surface area contributed by atoms with E-state index in [4.69, 9.17) is 0 Å². The van der Waals surface area contributed by atoms with Crippen molar-refractivity contribution in [2.45, 2.75) is 44.5 Å². The first-order valence-electron chi connectivity index (χ1n) is 9.35. The summed E-state index contributed by atoms with van der Waals surface area (Å²) in [6.07, 6.45) is -8.17. The van der Waals surface area contributed by atoms with Gasteiger partial charge in [0.05, 0.1) is 12.5 Å². The summed E-state index contributed by atoms with van der Waals surface area (Å²) in [4.78, 5) is 32.4. The van der Waals surface area contributed by atoms with Gasteiger partial charge >= 0.3 is 12.3 Å². The standard InChI is InChI=1S/C20H18F5N3O3/c1-11(13-3-2-4-14(9-13)31-20(24,25)19(21,22)23)27-18(30)15-7-8-26-17(28-15)10-16(29)12-5-6-12/h2-4,7-9,11-12H,5-6,10H2,1H3,(H,27,30)/t11-/m1/s1. The second kappa shape index (κ2) is 8.56. The fraction of sp³-hybridized carbons (Fsp3) is 0.400. The second-order valence-electron chi connectivity index (χ2n) is 7.16. The van der Waals surface area contributed by atoms with Crippen LogP contribution in [0.5, 0.6) is 5.75 Å². The number of carbonyl (C=O) groups is 2. The summed E-state index contributed by atoms with van der Waals surface area (Å²) >= 11 is 0. The number of alkyl halides is 5. The van der Waals surface area contributed by atoms with Crippen LogP contribution in [0, 0.1) is 5.92 Å². The van der Waals surface area contributed by atoms with E-state index >= 15 is 0 Å². The van der Waals surface area contributed by atoms with E-state index in [2.05, 4.69) is 20.0 Å². The van der Waals surface area contributed by atoms with E-state index in [1.165, 1.54) is 31.3 Å². The third kappa shape index (κ3) is 5.74. The van der Waals surface area contributed by atoms with Gasteiger partial charge in [-0.25, -0.2) is 9.97 Å². The number of amides is 1. The molecular formula is C20H18F5N3O3. The highest BCUT2D eigenvalue weighted by atomic mass is 19.4. The maximum Gasteiger partial charge on any atom is 0.499 e. The van der Waals surface area contributed by atoms with Gasteiger partial charge < -0.3 is 10.1 Å². The zero-order valence-electron chi connectivity index (χ0n) is 16.2. The van der Waals surface area contributed by atoms with Gasteiger partial charge in [0.25, 0.3) is 5.91 Å². The number of nitrogens with zero attached hydrogens (tertiary/aromatic N) is 2. The maximum absolute atomic E-state index is 13.1. The van der Waals surface area contributed by atoms with Crippen molar-refractivity contribution in [3.8, 4) is 5.75 Å². The highest BCUT2D eigenvalue weighted by molar-refractivity contribution is 5.92. The van der Waals surface area contributed by atoms with Crippen LogP contribution in [0.4, 0.5) is 22.0 Å². The van der Waals surface area contributed by atoms with E-state index < -0.39 is 30.0 Å². The highest BCUT2D eigenvalue weighted by Gasteiger charge is 2.61. The fourth-order valence-corrected chi connectivity index (χ4v) is 2.72. The van der Waals surface area contributed by atoms with Gasteiger partial charge in [0.2, 0.25) is 0 Å². The predicted molar refractivity (Wildman–Crippen MR) is 97.4 cm³/mol. The first kappa shape index (κ1) is 22.6. The van der Waals surface area contributed by atoms with Gasteiger partial charge in [0.15, 0.2) is 0 Å². The van der Waals surface area contributed by atoms with Crippen molar-refractivity contribution in [3.63, 3.8) is 0 Å². The number of halogens is 5. The Balaban J connectivity index is 1.66. The van der Waals surface area contributed by atoms with E-state index in [0.717, 1.165) is 25.0 Å². The average Bonchev–Trinajstić information content (AvgIpc) is 3.52. The Labute approximate surface area is 173 Å². The zero-order chi connectivity index (χ0) is 22.8. The Bertz CT molecular complexity index is 977. The Morgan fingerprint density at radius 2 is 1.90 bits per heavy atom. The molecule has 0 unspecified atom stereocenters. The first-order chi connectivity index (χ1) is 14.5. The number of Topliss-reactive ketones (excluding diaryl/α,β-unsaturated/α-hetero) is 1. The van der Waals surface area contributed by atoms with Crippen LogP contribution in [-0.4, -0.2) is 33.9 Å². The number of rotatable bonds is 8. The molecule has 1 aliphatic carbocycles. The Hall–Kier alpha value is -3.11. The number of ketones is 1. The Morgan fingerprint density at radius 1 is 1.19 bits per heavy atom. The van der Waals surface area contributed by atoms with Crippen molar-refractivity contribution in [2.75, 3.05) is 0 Å². The van der Waals surface area contributed by atoms with E-state index in [1.54, 1.807) is 0 Å². The maximum atomic E-state index is 13.1. The molecular weight excluding hydrogens is 425 g/mol. The molecule has 1 aromatic heterocycles. The van der Waals surface area contributed by atoms with E-state index in [9.17, 15) is 31.5 Å². The average molecular weight is 443 g/mol.